The van der Waals surface area contributed by atoms with Crippen LogP contribution in [0.4, 0.5) is 0 Å². The molecule has 2 amide bonds. The van der Waals surface area contributed by atoms with Gasteiger partial charge < -0.3 is 10.1 Å². The lowest BCUT2D eigenvalue weighted by Crippen LogP contribution is -2.49. The average molecular weight is 441 g/mol. The molecule has 0 aliphatic carbocycles. The number of benzene rings is 1. The second-order valence-electron chi connectivity index (χ2n) is 4.39. The standard InChI is InChI=1S/C13H11Cl2IN2O3/c1-6-13(20)18(7(2)19)5-11(17-6)21-12-9(14)3-8(16)4-10(12)15/h3-6,17H,1-2H3. The summed E-state index contributed by atoms with van der Waals surface area (Å²) in [5.74, 6) is -0.256. The highest BCUT2D eigenvalue weighted by Gasteiger charge is 2.29. The molecule has 1 heterocycles. The maximum atomic E-state index is 11.8. The maximum Gasteiger partial charge on any atom is 0.255 e. The van der Waals surface area contributed by atoms with Crippen LogP contribution in [-0.2, 0) is 9.59 Å². The van der Waals surface area contributed by atoms with Crippen molar-refractivity contribution in [2.75, 3.05) is 0 Å². The second kappa shape index (κ2) is 6.41. The molecule has 1 unspecified atom stereocenters. The van der Waals surface area contributed by atoms with Crippen LogP contribution in [0.1, 0.15) is 13.8 Å². The Labute approximate surface area is 145 Å². The first kappa shape index (κ1) is 16.4. The molecule has 0 radical (unpaired) electrons. The maximum absolute atomic E-state index is 11.8. The summed E-state index contributed by atoms with van der Waals surface area (Å²) >= 11 is 14.3. The van der Waals surface area contributed by atoms with Crippen LogP contribution in [-0.4, -0.2) is 22.8 Å². The SMILES string of the molecule is CC(=O)N1C=C(Oc2c(Cl)cc(I)cc2Cl)NC(C)C1=O. The van der Waals surface area contributed by atoms with E-state index in [1.165, 1.54) is 13.1 Å². The summed E-state index contributed by atoms with van der Waals surface area (Å²) in [6.45, 7) is 2.93. The molecule has 5 nitrogen and oxygen atoms in total. The lowest BCUT2D eigenvalue weighted by molar-refractivity contribution is -0.142. The summed E-state index contributed by atoms with van der Waals surface area (Å²) in [5.41, 5.74) is 0. The number of nitrogens with one attached hydrogen (secondary N) is 1. The Morgan fingerprint density at radius 1 is 1.38 bits per heavy atom. The predicted octanol–water partition coefficient (Wildman–Crippen LogP) is 3.14. The van der Waals surface area contributed by atoms with Gasteiger partial charge in [0.15, 0.2) is 5.75 Å². The Morgan fingerprint density at radius 2 is 1.95 bits per heavy atom. The summed E-state index contributed by atoms with van der Waals surface area (Å²) in [6, 6.07) is 2.81. The van der Waals surface area contributed by atoms with E-state index in [1.54, 1.807) is 19.1 Å². The molecule has 21 heavy (non-hydrogen) atoms. The van der Waals surface area contributed by atoms with E-state index in [-0.39, 0.29) is 17.5 Å². The molecule has 1 aliphatic rings. The second-order valence-corrected chi connectivity index (χ2v) is 6.45. The first-order chi connectivity index (χ1) is 9.79. The number of carbonyl (C=O) groups is 2. The molecule has 0 saturated carbocycles. The van der Waals surface area contributed by atoms with E-state index in [2.05, 4.69) is 27.9 Å². The minimum Gasteiger partial charge on any atom is -0.437 e. The fraction of sp³-hybridized carbons (Fsp3) is 0.231. The van der Waals surface area contributed by atoms with Crippen LogP contribution in [0, 0.1) is 3.57 Å². The molecular formula is C13H11Cl2IN2O3. The highest BCUT2D eigenvalue weighted by atomic mass is 127. The Balaban J connectivity index is 2.33. The normalized spacial score (nSPS) is 18.1. The monoisotopic (exact) mass is 440 g/mol. The average Bonchev–Trinajstić information content (AvgIpc) is 2.37. The zero-order chi connectivity index (χ0) is 15.7. The molecule has 0 saturated heterocycles. The van der Waals surface area contributed by atoms with Gasteiger partial charge in [-0.25, -0.2) is 0 Å². The molecular weight excluding hydrogens is 430 g/mol. The van der Waals surface area contributed by atoms with Gasteiger partial charge in [0.2, 0.25) is 11.8 Å². The van der Waals surface area contributed by atoms with Crippen molar-refractivity contribution in [2.45, 2.75) is 19.9 Å². The minimum atomic E-state index is -0.588. The molecule has 8 heteroatoms. The van der Waals surface area contributed by atoms with Crippen LogP contribution in [0.3, 0.4) is 0 Å². The van der Waals surface area contributed by atoms with Gasteiger partial charge in [0.05, 0.1) is 16.2 Å². The molecule has 112 valence electrons. The lowest BCUT2D eigenvalue weighted by Gasteiger charge is -2.28. The van der Waals surface area contributed by atoms with Crippen LogP contribution in [0.25, 0.3) is 0 Å². The Kier molecular flexibility index (Phi) is 5.00. The topological polar surface area (TPSA) is 58.6 Å². The van der Waals surface area contributed by atoms with E-state index >= 15 is 0 Å². The van der Waals surface area contributed by atoms with Gasteiger partial charge in [-0.15, -0.1) is 0 Å². The number of nitrogens with zero attached hydrogens (tertiary/aromatic N) is 1. The van der Waals surface area contributed by atoms with Crippen molar-refractivity contribution in [3.63, 3.8) is 0 Å². The number of halogens is 3. The summed E-state index contributed by atoms with van der Waals surface area (Å²) in [5, 5.41) is 3.53. The molecule has 1 aromatic rings. The van der Waals surface area contributed by atoms with E-state index in [4.69, 9.17) is 27.9 Å². The Morgan fingerprint density at radius 3 is 2.48 bits per heavy atom. The quantitative estimate of drug-likeness (QED) is 0.717. The Bertz CT molecular complexity index is 625. The van der Waals surface area contributed by atoms with Crippen molar-refractivity contribution in [3.8, 4) is 5.75 Å². The Hall–Kier alpha value is -0.990. The smallest absolute Gasteiger partial charge is 0.255 e. The van der Waals surface area contributed by atoms with Crippen LogP contribution in [0.5, 0.6) is 5.75 Å². The zero-order valence-corrected chi connectivity index (χ0v) is 14.8. The predicted molar refractivity (Wildman–Crippen MR) is 88.0 cm³/mol. The number of hydrogen-bond acceptors (Lipinski definition) is 4. The number of rotatable bonds is 2. The molecule has 1 aliphatic heterocycles. The molecule has 0 aromatic heterocycles. The van der Waals surface area contributed by atoms with Gasteiger partial charge in [-0.05, 0) is 41.6 Å². The third-order valence-corrected chi connectivity index (χ3v) is 3.91. The fourth-order valence-corrected chi connectivity index (χ4v) is 3.30. The van der Waals surface area contributed by atoms with E-state index in [9.17, 15) is 9.59 Å². The molecule has 1 N–H and O–H groups in total. The van der Waals surface area contributed by atoms with E-state index in [0.717, 1.165) is 8.47 Å². The van der Waals surface area contributed by atoms with Crippen molar-refractivity contribution in [2.24, 2.45) is 0 Å². The van der Waals surface area contributed by atoms with Crippen LogP contribution < -0.4 is 10.1 Å². The van der Waals surface area contributed by atoms with Crippen LogP contribution in [0.15, 0.2) is 24.2 Å². The van der Waals surface area contributed by atoms with Gasteiger partial charge in [0.25, 0.3) is 5.91 Å². The van der Waals surface area contributed by atoms with Gasteiger partial charge in [0, 0.05) is 10.5 Å². The van der Waals surface area contributed by atoms with Gasteiger partial charge in [-0.3, -0.25) is 14.5 Å². The van der Waals surface area contributed by atoms with Crippen molar-refractivity contribution >= 4 is 57.6 Å². The van der Waals surface area contributed by atoms with Gasteiger partial charge in [-0.1, -0.05) is 23.2 Å². The first-order valence-corrected chi connectivity index (χ1v) is 7.77. The van der Waals surface area contributed by atoms with Crippen molar-refractivity contribution in [1.29, 1.82) is 0 Å². The summed E-state index contributed by atoms with van der Waals surface area (Å²) in [6.07, 6.45) is 1.29. The third kappa shape index (κ3) is 3.61. The van der Waals surface area contributed by atoms with Gasteiger partial charge in [-0.2, -0.15) is 0 Å². The molecule has 0 fully saturated rings. The van der Waals surface area contributed by atoms with Gasteiger partial charge in [0.1, 0.15) is 6.04 Å². The fourth-order valence-electron chi connectivity index (χ4n) is 1.74. The number of amides is 2. The number of carbonyl (C=O) groups excluding carboxylic acids is 2. The highest BCUT2D eigenvalue weighted by Crippen LogP contribution is 2.35. The van der Waals surface area contributed by atoms with E-state index in [0.29, 0.717) is 10.0 Å². The van der Waals surface area contributed by atoms with Gasteiger partial charge >= 0.3 is 0 Å². The van der Waals surface area contributed by atoms with Crippen molar-refractivity contribution < 1.29 is 14.3 Å². The number of imide groups is 1. The number of ether oxygens (including phenoxy) is 1. The highest BCUT2D eigenvalue weighted by molar-refractivity contribution is 14.1. The molecule has 1 atom stereocenters. The summed E-state index contributed by atoms with van der Waals surface area (Å²) in [7, 11) is 0. The van der Waals surface area contributed by atoms with E-state index < -0.39 is 11.9 Å². The minimum absolute atomic E-state index is 0.224. The molecule has 2 rings (SSSR count). The first-order valence-electron chi connectivity index (χ1n) is 5.94. The summed E-state index contributed by atoms with van der Waals surface area (Å²) < 4.78 is 6.48. The largest absolute Gasteiger partial charge is 0.437 e. The van der Waals surface area contributed by atoms with E-state index in [1.807, 2.05) is 0 Å². The lowest BCUT2D eigenvalue weighted by atomic mass is 10.2. The third-order valence-electron chi connectivity index (χ3n) is 2.73. The van der Waals surface area contributed by atoms with Crippen molar-refractivity contribution in [3.05, 3.63) is 37.8 Å². The molecule has 0 spiro atoms. The summed E-state index contributed by atoms with van der Waals surface area (Å²) in [4.78, 5) is 24.3. The number of hydrogen-bond donors (Lipinski definition) is 1. The van der Waals surface area contributed by atoms with Crippen LogP contribution in [0.2, 0.25) is 10.0 Å². The zero-order valence-electron chi connectivity index (χ0n) is 11.1. The molecule has 1 aromatic carbocycles. The van der Waals surface area contributed by atoms with Crippen LogP contribution >= 0.6 is 45.8 Å². The molecule has 0 bridgehead atoms. The van der Waals surface area contributed by atoms with Crippen molar-refractivity contribution in [1.82, 2.24) is 10.2 Å².